The van der Waals surface area contributed by atoms with Gasteiger partial charge in [0.05, 0.1) is 25.5 Å². The Hall–Kier alpha value is -2.76. The van der Waals surface area contributed by atoms with Crippen molar-refractivity contribution in [2.45, 2.75) is 27.3 Å². The number of hydrogen-bond acceptors (Lipinski definition) is 5. The van der Waals surface area contributed by atoms with Gasteiger partial charge in [-0.2, -0.15) is 5.10 Å². The molecule has 1 aromatic carbocycles. The Balaban J connectivity index is 2.34. The fraction of sp³-hybridized carbons (Fsp3) is 0.333. The molecule has 0 saturated carbocycles. The number of phenols is 1. The number of hydrogen-bond donors (Lipinski definition) is 1. The number of aryl methyl sites for hydroxylation is 2. The van der Waals surface area contributed by atoms with Crippen molar-refractivity contribution in [3.05, 3.63) is 40.7 Å². The summed E-state index contributed by atoms with van der Waals surface area (Å²) in [5, 5.41) is 14.3. The third-order valence-electron chi connectivity index (χ3n) is 3.86. The van der Waals surface area contributed by atoms with Crippen molar-refractivity contribution >= 4 is 11.9 Å². The summed E-state index contributed by atoms with van der Waals surface area (Å²) in [6.45, 7) is 6.42. The number of allylic oxidation sites excluding steroid dienone is 1. The van der Waals surface area contributed by atoms with E-state index < -0.39 is 0 Å². The van der Waals surface area contributed by atoms with E-state index in [9.17, 15) is 9.90 Å². The fourth-order valence-corrected chi connectivity index (χ4v) is 2.63. The van der Waals surface area contributed by atoms with Crippen molar-refractivity contribution in [3.8, 4) is 17.2 Å². The summed E-state index contributed by atoms with van der Waals surface area (Å²) in [5.41, 5.74) is 2.87. The lowest BCUT2D eigenvalue weighted by Gasteiger charge is -2.09. The Morgan fingerprint density at radius 1 is 1.25 bits per heavy atom. The van der Waals surface area contributed by atoms with Gasteiger partial charge in [0.25, 0.3) is 0 Å². The SMILES string of the molecule is CCn1nc(C)c(C(=O)/C=C/c2cc(OC)c(O)c(OC)c2)c1C. The van der Waals surface area contributed by atoms with Crippen LogP contribution in [0.25, 0.3) is 6.08 Å². The van der Waals surface area contributed by atoms with E-state index in [2.05, 4.69) is 5.10 Å². The second kappa shape index (κ2) is 7.21. The summed E-state index contributed by atoms with van der Waals surface area (Å²) in [4.78, 5) is 12.5. The van der Waals surface area contributed by atoms with Gasteiger partial charge < -0.3 is 14.6 Å². The maximum absolute atomic E-state index is 12.5. The van der Waals surface area contributed by atoms with Crippen LogP contribution in [0.3, 0.4) is 0 Å². The summed E-state index contributed by atoms with van der Waals surface area (Å²) in [5.74, 6) is 0.385. The second-order valence-corrected chi connectivity index (χ2v) is 5.33. The number of rotatable bonds is 6. The number of aromatic hydroxyl groups is 1. The molecule has 24 heavy (non-hydrogen) atoms. The third kappa shape index (κ3) is 3.27. The molecule has 0 unspecified atom stereocenters. The molecule has 0 amide bonds. The van der Waals surface area contributed by atoms with Gasteiger partial charge in [0.15, 0.2) is 17.3 Å². The fourth-order valence-electron chi connectivity index (χ4n) is 2.63. The maximum Gasteiger partial charge on any atom is 0.200 e. The topological polar surface area (TPSA) is 73.6 Å². The molecule has 0 aliphatic carbocycles. The van der Waals surface area contributed by atoms with Gasteiger partial charge in [0.2, 0.25) is 5.75 Å². The molecule has 6 nitrogen and oxygen atoms in total. The molecular formula is C18H22N2O4. The number of ketones is 1. The lowest BCUT2D eigenvalue weighted by molar-refractivity contribution is 0.104. The first-order chi connectivity index (χ1) is 11.4. The zero-order valence-corrected chi connectivity index (χ0v) is 14.6. The molecular weight excluding hydrogens is 308 g/mol. The summed E-state index contributed by atoms with van der Waals surface area (Å²) in [6, 6.07) is 3.27. The lowest BCUT2D eigenvalue weighted by Crippen LogP contribution is -2.02. The van der Waals surface area contributed by atoms with E-state index in [0.29, 0.717) is 16.8 Å². The second-order valence-electron chi connectivity index (χ2n) is 5.33. The Labute approximate surface area is 141 Å². The molecule has 2 rings (SSSR count). The predicted molar refractivity (Wildman–Crippen MR) is 92.0 cm³/mol. The van der Waals surface area contributed by atoms with Gasteiger partial charge in [-0.25, -0.2) is 0 Å². The molecule has 0 atom stereocenters. The average Bonchev–Trinajstić information content (AvgIpc) is 2.87. The van der Waals surface area contributed by atoms with Crippen LogP contribution in [0.1, 0.15) is 34.2 Å². The highest BCUT2D eigenvalue weighted by Crippen LogP contribution is 2.37. The number of nitrogens with zero attached hydrogens (tertiary/aromatic N) is 2. The smallest absolute Gasteiger partial charge is 0.200 e. The largest absolute Gasteiger partial charge is 0.502 e. The molecule has 0 spiro atoms. The van der Waals surface area contributed by atoms with Crippen LogP contribution in [0.4, 0.5) is 0 Å². The molecule has 0 saturated heterocycles. The van der Waals surface area contributed by atoms with Gasteiger partial charge in [0.1, 0.15) is 0 Å². The number of benzene rings is 1. The molecule has 6 heteroatoms. The first-order valence-electron chi connectivity index (χ1n) is 7.64. The normalized spacial score (nSPS) is 11.0. The van der Waals surface area contributed by atoms with E-state index in [1.165, 1.54) is 20.3 Å². The van der Waals surface area contributed by atoms with E-state index >= 15 is 0 Å². The van der Waals surface area contributed by atoms with Crippen LogP contribution in [0, 0.1) is 13.8 Å². The minimum absolute atomic E-state index is 0.0700. The molecule has 0 fully saturated rings. The number of ether oxygens (including phenoxy) is 2. The number of methoxy groups -OCH3 is 2. The minimum Gasteiger partial charge on any atom is -0.502 e. The van der Waals surface area contributed by atoms with Crippen LogP contribution in [-0.4, -0.2) is 34.9 Å². The van der Waals surface area contributed by atoms with E-state index in [1.807, 2.05) is 25.5 Å². The summed E-state index contributed by atoms with van der Waals surface area (Å²) >= 11 is 0. The third-order valence-corrected chi connectivity index (χ3v) is 3.86. The van der Waals surface area contributed by atoms with Crippen LogP contribution in [-0.2, 0) is 6.54 Å². The molecule has 128 valence electrons. The van der Waals surface area contributed by atoms with E-state index in [-0.39, 0.29) is 23.0 Å². The van der Waals surface area contributed by atoms with Crippen molar-refractivity contribution in [2.24, 2.45) is 0 Å². The van der Waals surface area contributed by atoms with Gasteiger partial charge in [-0.3, -0.25) is 9.48 Å². The Bertz CT molecular complexity index is 766. The molecule has 2 aromatic rings. The van der Waals surface area contributed by atoms with Gasteiger partial charge in [-0.05, 0) is 44.5 Å². The van der Waals surface area contributed by atoms with Crippen molar-refractivity contribution in [1.29, 1.82) is 0 Å². The van der Waals surface area contributed by atoms with E-state index in [0.717, 1.165) is 12.2 Å². The highest BCUT2D eigenvalue weighted by Gasteiger charge is 2.16. The highest BCUT2D eigenvalue weighted by atomic mass is 16.5. The van der Waals surface area contributed by atoms with Crippen LogP contribution < -0.4 is 9.47 Å². The Morgan fingerprint density at radius 2 is 1.83 bits per heavy atom. The molecule has 0 aliphatic rings. The van der Waals surface area contributed by atoms with Crippen LogP contribution in [0.2, 0.25) is 0 Å². The standard InChI is InChI=1S/C18H22N2O4/c1-6-20-12(3)17(11(2)19-20)14(21)8-7-13-9-15(23-4)18(22)16(10-13)24-5/h7-10,22H,6H2,1-5H3/b8-7+. The van der Waals surface area contributed by atoms with Gasteiger partial charge in [0, 0.05) is 12.2 Å². The lowest BCUT2D eigenvalue weighted by atomic mass is 10.1. The molecule has 1 heterocycles. The molecule has 1 N–H and O–H groups in total. The van der Waals surface area contributed by atoms with Gasteiger partial charge >= 0.3 is 0 Å². The van der Waals surface area contributed by atoms with Crippen molar-refractivity contribution < 1.29 is 19.4 Å². The van der Waals surface area contributed by atoms with Gasteiger partial charge in [-0.1, -0.05) is 6.08 Å². The van der Waals surface area contributed by atoms with E-state index in [4.69, 9.17) is 9.47 Å². The van der Waals surface area contributed by atoms with Gasteiger partial charge in [-0.15, -0.1) is 0 Å². The zero-order chi connectivity index (χ0) is 17.9. The summed E-state index contributed by atoms with van der Waals surface area (Å²) < 4.78 is 12.0. The number of phenolic OH excluding ortho intramolecular Hbond substituents is 1. The summed E-state index contributed by atoms with van der Waals surface area (Å²) in [6.07, 6.45) is 3.15. The molecule has 0 aliphatic heterocycles. The highest BCUT2D eigenvalue weighted by molar-refractivity contribution is 6.08. The average molecular weight is 330 g/mol. The first-order valence-corrected chi connectivity index (χ1v) is 7.64. The first kappa shape index (κ1) is 17.6. The Morgan fingerprint density at radius 3 is 2.29 bits per heavy atom. The van der Waals surface area contributed by atoms with Crippen molar-refractivity contribution in [3.63, 3.8) is 0 Å². The van der Waals surface area contributed by atoms with Crippen LogP contribution in [0.15, 0.2) is 18.2 Å². The van der Waals surface area contributed by atoms with E-state index in [1.54, 1.807) is 18.2 Å². The number of carbonyl (C=O) groups excluding carboxylic acids is 1. The molecule has 1 aromatic heterocycles. The van der Waals surface area contributed by atoms with Crippen LogP contribution in [0.5, 0.6) is 17.2 Å². The zero-order valence-electron chi connectivity index (χ0n) is 14.6. The quantitative estimate of drug-likeness (QED) is 0.650. The van der Waals surface area contributed by atoms with Crippen molar-refractivity contribution in [1.82, 2.24) is 9.78 Å². The Kier molecular flexibility index (Phi) is 5.28. The molecule has 0 radical (unpaired) electrons. The van der Waals surface area contributed by atoms with Crippen LogP contribution >= 0.6 is 0 Å². The predicted octanol–water partition coefficient (Wildman–Crippen LogP) is 3.14. The monoisotopic (exact) mass is 330 g/mol. The number of carbonyl (C=O) groups is 1. The number of aromatic nitrogens is 2. The van der Waals surface area contributed by atoms with Crippen molar-refractivity contribution in [2.75, 3.05) is 14.2 Å². The minimum atomic E-state index is -0.115. The summed E-state index contributed by atoms with van der Waals surface area (Å²) in [7, 11) is 2.91. The maximum atomic E-state index is 12.5. The molecule has 0 bridgehead atoms.